The molecule has 0 radical (unpaired) electrons. The van der Waals surface area contributed by atoms with E-state index < -0.39 is 21.4 Å². The third kappa shape index (κ3) is 2.56. The summed E-state index contributed by atoms with van der Waals surface area (Å²) in [5, 5.41) is -1.28. The minimum atomic E-state index is -4.69. The minimum absolute atomic E-state index is 0.151. The lowest BCUT2D eigenvalue weighted by molar-refractivity contribution is -0.117. The normalized spacial score (nSPS) is 20.1. The van der Waals surface area contributed by atoms with E-state index in [9.17, 15) is 17.1 Å². The predicted molar refractivity (Wildman–Crippen MR) is 71.1 cm³/mol. The molecule has 7 heteroatoms. The number of benzene rings is 1. The zero-order valence-corrected chi connectivity index (χ0v) is 11.5. The Kier molecular flexibility index (Phi) is 3.25. The molecule has 1 atom stereocenters. The Labute approximate surface area is 111 Å². The molecule has 19 heavy (non-hydrogen) atoms. The van der Waals surface area contributed by atoms with Crippen LogP contribution < -0.4 is 10.6 Å². The van der Waals surface area contributed by atoms with E-state index in [2.05, 4.69) is 0 Å². The summed E-state index contributed by atoms with van der Waals surface area (Å²) in [6.07, 6.45) is -0.318. The molecule has 1 amide bonds. The van der Waals surface area contributed by atoms with Crippen molar-refractivity contribution in [2.45, 2.75) is 25.5 Å². The van der Waals surface area contributed by atoms with Crippen molar-refractivity contribution in [1.82, 2.24) is 0 Å². The third-order valence-corrected chi connectivity index (χ3v) is 4.48. The molecular formula is C12H15FN2O3S. The number of hydrogen-bond donors (Lipinski definition) is 1. The van der Waals surface area contributed by atoms with E-state index in [1.165, 1.54) is 4.90 Å². The van der Waals surface area contributed by atoms with Crippen LogP contribution in [0.15, 0.2) is 12.1 Å². The Hall–Kier alpha value is -1.63. The average molecular weight is 286 g/mol. The fourth-order valence-electron chi connectivity index (χ4n) is 2.21. The first-order valence-electron chi connectivity index (χ1n) is 5.80. The van der Waals surface area contributed by atoms with Gasteiger partial charge in [-0.05, 0) is 37.1 Å². The topological polar surface area (TPSA) is 80.5 Å². The number of nitrogens with two attached hydrogens (primary N) is 1. The number of nitrogens with zero attached hydrogens (tertiary/aromatic N) is 1. The molecule has 0 aliphatic carbocycles. The van der Waals surface area contributed by atoms with Gasteiger partial charge in [0.2, 0.25) is 5.91 Å². The summed E-state index contributed by atoms with van der Waals surface area (Å²) in [6.45, 7) is 3.42. The van der Waals surface area contributed by atoms with Crippen LogP contribution in [0.4, 0.5) is 15.3 Å². The van der Waals surface area contributed by atoms with Crippen molar-refractivity contribution in [2.75, 3.05) is 17.2 Å². The number of amides is 1. The lowest BCUT2D eigenvalue weighted by Crippen LogP contribution is -2.27. The molecule has 1 saturated heterocycles. The summed E-state index contributed by atoms with van der Waals surface area (Å²) in [6, 6.07) is 3.44. The molecular weight excluding hydrogens is 271 g/mol. The van der Waals surface area contributed by atoms with Crippen molar-refractivity contribution in [3.63, 3.8) is 0 Å². The number of carbonyl (C=O) groups is 1. The molecule has 0 saturated carbocycles. The van der Waals surface area contributed by atoms with Gasteiger partial charge in [-0.25, -0.2) is 0 Å². The van der Waals surface area contributed by atoms with Crippen LogP contribution >= 0.6 is 0 Å². The molecule has 0 aromatic heterocycles. The maximum Gasteiger partial charge on any atom is 0.307 e. The summed E-state index contributed by atoms with van der Waals surface area (Å²) in [5.74, 6) is -0.390. The SMILES string of the molecule is Cc1cc(N2CC(S(=O)(=O)F)CC2=O)c(C)cc1N. The standard InChI is InChI=1S/C12H15FN2O3S/c1-7-4-11(8(2)3-10(7)14)15-6-9(5-12(15)16)19(13,17)18/h3-4,9H,5-6,14H2,1-2H3. The fourth-order valence-corrected chi connectivity index (χ4v) is 2.88. The Bertz CT molecular complexity index is 643. The van der Waals surface area contributed by atoms with Crippen molar-refractivity contribution < 1.29 is 17.1 Å². The first-order valence-corrected chi connectivity index (χ1v) is 7.25. The van der Waals surface area contributed by atoms with Crippen molar-refractivity contribution in [2.24, 2.45) is 0 Å². The van der Waals surface area contributed by atoms with Gasteiger partial charge in [-0.2, -0.15) is 8.42 Å². The largest absolute Gasteiger partial charge is 0.399 e. The first-order chi connectivity index (χ1) is 8.70. The summed E-state index contributed by atoms with van der Waals surface area (Å²) in [5.41, 5.74) is 8.50. The highest BCUT2D eigenvalue weighted by molar-refractivity contribution is 7.87. The van der Waals surface area contributed by atoms with Gasteiger partial charge in [0.1, 0.15) is 5.25 Å². The number of carbonyl (C=O) groups excluding carboxylic acids is 1. The van der Waals surface area contributed by atoms with Gasteiger partial charge in [0, 0.05) is 24.3 Å². The molecule has 1 aliphatic heterocycles. The van der Waals surface area contributed by atoms with Crippen molar-refractivity contribution >= 4 is 27.5 Å². The maximum absolute atomic E-state index is 13.0. The average Bonchev–Trinajstić information content (AvgIpc) is 2.65. The number of anilines is 2. The summed E-state index contributed by atoms with van der Waals surface area (Å²) in [7, 11) is -4.69. The van der Waals surface area contributed by atoms with E-state index in [-0.39, 0.29) is 13.0 Å². The van der Waals surface area contributed by atoms with Crippen LogP contribution in [0.3, 0.4) is 0 Å². The first kappa shape index (κ1) is 13.8. The second kappa shape index (κ2) is 4.48. The molecule has 5 nitrogen and oxygen atoms in total. The molecule has 104 valence electrons. The maximum atomic E-state index is 13.0. The lowest BCUT2D eigenvalue weighted by atomic mass is 10.1. The second-order valence-electron chi connectivity index (χ2n) is 4.80. The van der Waals surface area contributed by atoms with E-state index in [1.54, 1.807) is 26.0 Å². The zero-order chi connectivity index (χ0) is 14.4. The smallest absolute Gasteiger partial charge is 0.307 e. The molecule has 0 spiro atoms. The van der Waals surface area contributed by atoms with Gasteiger partial charge < -0.3 is 10.6 Å². The van der Waals surface area contributed by atoms with Crippen LogP contribution in [0, 0.1) is 13.8 Å². The molecule has 1 aliphatic rings. The highest BCUT2D eigenvalue weighted by Gasteiger charge is 2.39. The molecule has 1 aromatic rings. The highest BCUT2D eigenvalue weighted by atomic mass is 32.3. The summed E-state index contributed by atoms with van der Waals surface area (Å²) >= 11 is 0. The quantitative estimate of drug-likeness (QED) is 0.656. The molecule has 0 bridgehead atoms. The molecule has 1 aromatic carbocycles. The van der Waals surface area contributed by atoms with Crippen LogP contribution in [0.2, 0.25) is 0 Å². The van der Waals surface area contributed by atoms with Gasteiger partial charge >= 0.3 is 10.2 Å². The Balaban J connectivity index is 2.39. The van der Waals surface area contributed by atoms with Gasteiger partial charge in [-0.15, -0.1) is 3.89 Å². The van der Waals surface area contributed by atoms with Crippen molar-refractivity contribution in [3.8, 4) is 0 Å². The predicted octanol–water partition coefficient (Wildman–Crippen LogP) is 1.29. The number of hydrogen-bond acceptors (Lipinski definition) is 4. The molecule has 1 heterocycles. The van der Waals surface area contributed by atoms with Gasteiger partial charge in [0.25, 0.3) is 0 Å². The van der Waals surface area contributed by atoms with E-state index in [0.29, 0.717) is 11.4 Å². The van der Waals surface area contributed by atoms with Crippen LogP contribution in [-0.2, 0) is 15.0 Å². The number of aryl methyl sites for hydroxylation is 2. The Morgan fingerprint density at radius 2 is 1.95 bits per heavy atom. The van der Waals surface area contributed by atoms with Gasteiger partial charge in [-0.3, -0.25) is 4.79 Å². The van der Waals surface area contributed by atoms with Gasteiger partial charge in [0.15, 0.2) is 0 Å². The van der Waals surface area contributed by atoms with E-state index >= 15 is 0 Å². The van der Waals surface area contributed by atoms with E-state index in [4.69, 9.17) is 5.73 Å². The van der Waals surface area contributed by atoms with E-state index in [0.717, 1.165) is 11.1 Å². The van der Waals surface area contributed by atoms with Gasteiger partial charge in [0.05, 0.1) is 0 Å². The molecule has 2 N–H and O–H groups in total. The Morgan fingerprint density at radius 3 is 2.47 bits per heavy atom. The monoisotopic (exact) mass is 286 g/mol. The number of halogens is 1. The fraction of sp³-hybridized carbons (Fsp3) is 0.417. The summed E-state index contributed by atoms with van der Waals surface area (Å²) in [4.78, 5) is 13.2. The molecule has 1 unspecified atom stereocenters. The highest BCUT2D eigenvalue weighted by Crippen LogP contribution is 2.31. The molecule has 2 rings (SSSR count). The van der Waals surface area contributed by atoms with E-state index in [1.807, 2.05) is 0 Å². The van der Waals surface area contributed by atoms with Gasteiger partial charge in [-0.1, -0.05) is 0 Å². The van der Waals surface area contributed by atoms with Crippen LogP contribution in [0.1, 0.15) is 17.5 Å². The molecule has 1 fully saturated rings. The van der Waals surface area contributed by atoms with Crippen molar-refractivity contribution in [3.05, 3.63) is 23.3 Å². The zero-order valence-electron chi connectivity index (χ0n) is 10.7. The lowest BCUT2D eigenvalue weighted by Gasteiger charge is -2.20. The van der Waals surface area contributed by atoms with Crippen LogP contribution in [0.25, 0.3) is 0 Å². The van der Waals surface area contributed by atoms with Crippen molar-refractivity contribution in [1.29, 1.82) is 0 Å². The Morgan fingerprint density at radius 1 is 1.32 bits per heavy atom. The minimum Gasteiger partial charge on any atom is -0.399 e. The third-order valence-electron chi connectivity index (χ3n) is 3.36. The summed E-state index contributed by atoms with van der Waals surface area (Å²) < 4.78 is 34.8. The second-order valence-corrected chi connectivity index (χ2v) is 6.42. The van der Waals surface area contributed by atoms with Crippen LogP contribution in [-0.4, -0.2) is 26.1 Å². The van der Waals surface area contributed by atoms with Crippen LogP contribution in [0.5, 0.6) is 0 Å². The number of nitrogen functional groups attached to an aromatic ring is 1. The number of rotatable bonds is 2.